The summed E-state index contributed by atoms with van der Waals surface area (Å²) in [6, 6.07) is 7.27. The van der Waals surface area contributed by atoms with Crippen LogP contribution < -0.4 is 0 Å². The van der Waals surface area contributed by atoms with E-state index in [1.165, 1.54) is 0 Å². The molecule has 3 heterocycles. The van der Waals surface area contributed by atoms with Gasteiger partial charge in [-0.05, 0) is 36.7 Å². The molecule has 150 valence electrons. The van der Waals surface area contributed by atoms with Crippen LogP contribution in [0.5, 0.6) is 0 Å². The third-order valence-electron chi connectivity index (χ3n) is 5.04. The molecule has 1 N–H and O–H groups in total. The quantitative estimate of drug-likeness (QED) is 0.756. The van der Waals surface area contributed by atoms with Crippen molar-refractivity contribution in [2.24, 2.45) is 0 Å². The van der Waals surface area contributed by atoms with Crippen molar-refractivity contribution in [2.75, 3.05) is 19.6 Å². The number of carboxylic acid groups (broad SMARTS) is 1. The number of imide groups is 1. The number of carbonyl (C=O) groups excluding carboxylic acids is 3. The van der Waals surface area contributed by atoms with Crippen molar-refractivity contribution in [1.29, 1.82) is 0 Å². The van der Waals surface area contributed by atoms with Gasteiger partial charge in [0.1, 0.15) is 13.1 Å². The Labute approximate surface area is 170 Å². The zero-order valence-electron chi connectivity index (χ0n) is 15.5. The molecule has 0 aliphatic carbocycles. The highest BCUT2D eigenvalue weighted by molar-refractivity contribution is 8.18. The number of hydrogen-bond acceptors (Lipinski definition) is 5. The van der Waals surface area contributed by atoms with Crippen molar-refractivity contribution in [3.8, 4) is 0 Å². The fourth-order valence-electron chi connectivity index (χ4n) is 3.65. The van der Waals surface area contributed by atoms with Crippen LogP contribution in [0.3, 0.4) is 0 Å². The van der Waals surface area contributed by atoms with Gasteiger partial charge in [-0.3, -0.25) is 24.1 Å². The Morgan fingerprint density at radius 1 is 1.10 bits per heavy atom. The van der Waals surface area contributed by atoms with E-state index < -0.39 is 17.1 Å². The first kappa shape index (κ1) is 19.3. The molecule has 0 atom stereocenters. The molecule has 2 aliphatic rings. The molecule has 2 aromatic rings. The monoisotopic (exact) mass is 413 g/mol. The first-order chi connectivity index (χ1) is 13.9. The molecule has 0 unspecified atom stereocenters. The number of aliphatic carboxylic acids is 1. The summed E-state index contributed by atoms with van der Waals surface area (Å²) in [6.45, 7) is 0.866. The largest absolute Gasteiger partial charge is 0.480 e. The van der Waals surface area contributed by atoms with Crippen LogP contribution in [0.2, 0.25) is 0 Å². The molecule has 4 rings (SSSR count). The molecule has 2 fully saturated rings. The number of likely N-dealkylation sites (tertiary alicyclic amines) is 1. The van der Waals surface area contributed by atoms with Gasteiger partial charge in [0.15, 0.2) is 0 Å². The lowest BCUT2D eigenvalue weighted by molar-refractivity contribution is -0.137. The fourth-order valence-corrected chi connectivity index (χ4v) is 4.48. The number of aromatic nitrogens is 1. The van der Waals surface area contributed by atoms with E-state index >= 15 is 0 Å². The zero-order chi connectivity index (χ0) is 20.5. The summed E-state index contributed by atoms with van der Waals surface area (Å²) >= 11 is 0.795. The molecule has 0 saturated carbocycles. The number of fused-ring (bicyclic) bond motifs is 1. The minimum atomic E-state index is -0.974. The minimum absolute atomic E-state index is 0.208. The summed E-state index contributed by atoms with van der Waals surface area (Å²) in [5, 5.41) is 9.44. The zero-order valence-corrected chi connectivity index (χ0v) is 16.4. The van der Waals surface area contributed by atoms with Crippen LogP contribution in [-0.4, -0.2) is 62.1 Å². The number of thioether (sulfide) groups is 1. The third kappa shape index (κ3) is 3.77. The molecule has 0 bridgehead atoms. The average molecular weight is 413 g/mol. The molecule has 1 aromatic heterocycles. The second-order valence-corrected chi connectivity index (χ2v) is 7.97. The van der Waals surface area contributed by atoms with Crippen molar-refractivity contribution in [3.63, 3.8) is 0 Å². The van der Waals surface area contributed by atoms with Gasteiger partial charge in [0.25, 0.3) is 11.1 Å². The van der Waals surface area contributed by atoms with Gasteiger partial charge >= 0.3 is 5.97 Å². The van der Waals surface area contributed by atoms with Crippen molar-refractivity contribution in [2.45, 2.75) is 19.4 Å². The summed E-state index contributed by atoms with van der Waals surface area (Å²) in [5.74, 6) is -1.69. The van der Waals surface area contributed by atoms with Gasteiger partial charge < -0.3 is 14.6 Å². The van der Waals surface area contributed by atoms with Crippen LogP contribution in [-0.2, 0) is 20.9 Å². The number of nitrogens with zero attached hydrogens (tertiary/aromatic N) is 3. The second kappa shape index (κ2) is 7.75. The minimum Gasteiger partial charge on any atom is -0.480 e. The van der Waals surface area contributed by atoms with Gasteiger partial charge in [0.05, 0.1) is 4.91 Å². The van der Waals surface area contributed by atoms with Crippen LogP contribution in [0.4, 0.5) is 4.79 Å². The Kier molecular flexibility index (Phi) is 5.14. The standard InChI is InChI=1S/C20H19N3O5S/c24-17(21-7-3-4-8-21)11-23-19(27)16(29-20(23)28)9-13-10-22(12-18(25)26)15-6-2-1-5-14(13)15/h1-2,5-6,9-10H,3-4,7-8,11-12H2,(H,25,26)/b16-9+. The Morgan fingerprint density at radius 3 is 2.55 bits per heavy atom. The topological polar surface area (TPSA) is 99.9 Å². The predicted octanol–water partition coefficient (Wildman–Crippen LogP) is 2.38. The van der Waals surface area contributed by atoms with Gasteiger partial charge in [-0.2, -0.15) is 0 Å². The highest BCUT2D eigenvalue weighted by Gasteiger charge is 2.37. The first-order valence-corrected chi connectivity index (χ1v) is 10.1. The van der Waals surface area contributed by atoms with Crippen LogP contribution in [0, 0.1) is 0 Å². The normalized spacial score (nSPS) is 18.4. The fraction of sp³-hybridized carbons (Fsp3) is 0.300. The van der Waals surface area contributed by atoms with E-state index in [2.05, 4.69) is 0 Å². The van der Waals surface area contributed by atoms with E-state index in [0.717, 1.165) is 40.4 Å². The van der Waals surface area contributed by atoms with Gasteiger partial charge in [0.2, 0.25) is 5.91 Å². The van der Waals surface area contributed by atoms with Crippen LogP contribution >= 0.6 is 11.8 Å². The molecule has 1 aromatic carbocycles. The predicted molar refractivity (Wildman–Crippen MR) is 108 cm³/mol. The maximum atomic E-state index is 12.7. The Morgan fingerprint density at radius 2 is 1.83 bits per heavy atom. The molecule has 2 saturated heterocycles. The number of carboxylic acids is 1. The second-order valence-electron chi connectivity index (χ2n) is 6.98. The summed E-state index contributed by atoms with van der Waals surface area (Å²) in [6.07, 6.45) is 5.12. The number of rotatable bonds is 5. The van der Waals surface area contributed by atoms with Crippen molar-refractivity contribution in [3.05, 3.63) is 40.9 Å². The maximum absolute atomic E-state index is 12.7. The molecule has 29 heavy (non-hydrogen) atoms. The van der Waals surface area contributed by atoms with E-state index in [1.807, 2.05) is 18.2 Å². The highest BCUT2D eigenvalue weighted by Crippen LogP contribution is 2.34. The summed E-state index contributed by atoms with van der Waals surface area (Å²) in [4.78, 5) is 51.4. The number of hydrogen-bond donors (Lipinski definition) is 1. The lowest BCUT2D eigenvalue weighted by Gasteiger charge is -2.18. The Bertz CT molecular complexity index is 1050. The van der Waals surface area contributed by atoms with Gasteiger partial charge in [-0.1, -0.05) is 18.2 Å². The molecule has 0 radical (unpaired) electrons. The van der Waals surface area contributed by atoms with Gasteiger partial charge in [-0.15, -0.1) is 0 Å². The number of para-hydroxylation sites is 1. The summed E-state index contributed by atoms with van der Waals surface area (Å²) < 4.78 is 1.59. The number of benzene rings is 1. The Hall–Kier alpha value is -3.07. The number of amides is 3. The molecular formula is C20H19N3O5S. The van der Waals surface area contributed by atoms with E-state index in [-0.39, 0.29) is 23.9 Å². The van der Waals surface area contributed by atoms with Crippen molar-refractivity contribution < 1.29 is 24.3 Å². The van der Waals surface area contributed by atoms with Crippen molar-refractivity contribution >= 4 is 51.8 Å². The summed E-state index contributed by atoms with van der Waals surface area (Å²) in [5.41, 5.74) is 1.38. The van der Waals surface area contributed by atoms with E-state index in [0.29, 0.717) is 18.7 Å². The van der Waals surface area contributed by atoms with Crippen LogP contribution in [0.1, 0.15) is 18.4 Å². The molecule has 9 heteroatoms. The first-order valence-electron chi connectivity index (χ1n) is 9.27. The average Bonchev–Trinajstić information content (AvgIpc) is 3.39. The van der Waals surface area contributed by atoms with E-state index in [1.54, 1.807) is 27.8 Å². The van der Waals surface area contributed by atoms with Crippen LogP contribution in [0.15, 0.2) is 35.4 Å². The molecule has 2 aliphatic heterocycles. The van der Waals surface area contributed by atoms with Crippen molar-refractivity contribution in [1.82, 2.24) is 14.4 Å². The number of carbonyl (C=O) groups is 4. The Balaban J connectivity index is 1.60. The summed E-state index contributed by atoms with van der Waals surface area (Å²) in [7, 11) is 0. The molecular weight excluding hydrogens is 394 g/mol. The van der Waals surface area contributed by atoms with Gasteiger partial charge in [0, 0.05) is 35.8 Å². The molecule has 8 nitrogen and oxygen atoms in total. The van der Waals surface area contributed by atoms with E-state index in [9.17, 15) is 19.2 Å². The maximum Gasteiger partial charge on any atom is 0.323 e. The smallest absolute Gasteiger partial charge is 0.323 e. The lowest BCUT2D eigenvalue weighted by atomic mass is 10.1. The van der Waals surface area contributed by atoms with E-state index in [4.69, 9.17) is 5.11 Å². The highest BCUT2D eigenvalue weighted by atomic mass is 32.2. The molecule has 3 amide bonds. The van der Waals surface area contributed by atoms with Crippen LogP contribution in [0.25, 0.3) is 17.0 Å². The lowest BCUT2D eigenvalue weighted by Crippen LogP contribution is -2.40. The SMILES string of the molecule is O=C(O)Cn1cc(/C=C2/SC(=O)N(CC(=O)N3CCCC3)C2=O)c2ccccc21. The van der Waals surface area contributed by atoms with Gasteiger partial charge in [-0.25, -0.2) is 0 Å². The molecule has 0 spiro atoms. The third-order valence-corrected chi connectivity index (χ3v) is 5.94.